The Bertz CT molecular complexity index is 271. The Morgan fingerprint density at radius 2 is 2.07 bits per heavy atom. The fourth-order valence-corrected chi connectivity index (χ4v) is 2.92. The Morgan fingerprint density at radius 3 is 2.64 bits per heavy atom. The molecule has 14 heavy (non-hydrogen) atoms. The van der Waals surface area contributed by atoms with Crippen LogP contribution in [0.3, 0.4) is 0 Å². The Hall–Kier alpha value is -0.340. The van der Waals surface area contributed by atoms with Crippen molar-refractivity contribution in [2.45, 2.75) is 57.3 Å². The molecule has 0 aromatic carbocycles. The Balaban J connectivity index is 2.23. The van der Waals surface area contributed by atoms with Crippen LogP contribution in [0.15, 0.2) is 12.7 Å². The highest BCUT2D eigenvalue weighted by Gasteiger charge is 2.71. The van der Waals surface area contributed by atoms with E-state index in [0.717, 1.165) is 12.8 Å². The van der Waals surface area contributed by atoms with Crippen molar-refractivity contribution in [1.82, 2.24) is 0 Å². The van der Waals surface area contributed by atoms with Crippen LogP contribution in [-0.2, 0) is 4.74 Å². The van der Waals surface area contributed by atoms with Gasteiger partial charge in [-0.15, -0.1) is 6.58 Å². The molecule has 2 aliphatic rings. The van der Waals surface area contributed by atoms with Crippen molar-refractivity contribution < 1.29 is 9.84 Å². The molecule has 3 atom stereocenters. The molecule has 2 fully saturated rings. The summed E-state index contributed by atoms with van der Waals surface area (Å²) in [6, 6.07) is 0. The molecule has 2 heteroatoms. The molecule has 1 N–H and O–H groups in total. The third-order valence-corrected chi connectivity index (χ3v) is 4.10. The van der Waals surface area contributed by atoms with E-state index in [2.05, 4.69) is 20.4 Å². The van der Waals surface area contributed by atoms with Crippen LogP contribution in [0, 0.1) is 5.41 Å². The molecule has 0 aromatic heterocycles. The molecule has 1 aliphatic carbocycles. The topological polar surface area (TPSA) is 32.8 Å². The molecule has 1 heterocycles. The number of hydrogen-bond donors (Lipinski definition) is 1. The van der Waals surface area contributed by atoms with Gasteiger partial charge in [0.1, 0.15) is 5.60 Å². The quantitative estimate of drug-likeness (QED) is 0.543. The third kappa shape index (κ3) is 1.10. The van der Waals surface area contributed by atoms with Gasteiger partial charge in [-0.25, -0.2) is 0 Å². The zero-order valence-electron chi connectivity index (χ0n) is 9.34. The van der Waals surface area contributed by atoms with E-state index >= 15 is 0 Å². The van der Waals surface area contributed by atoms with Gasteiger partial charge in [0.25, 0.3) is 0 Å². The van der Waals surface area contributed by atoms with Crippen molar-refractivity contribution >= 4 is 0 Å². The largest absolute Gasteiger partial charge is 0.386 e. The first kappa shape index (κ1) is 10.2. The van der Waals surface area contributed by atoms with Gasteiger partial charge in [0.2, 0.25) is 0 Å². The van der Waals surface area contributed by atoms with Crippen LogP contribution in [-0.4, -0.2) is 22.4 Å². The molecule has 1 aliphatic heterocycles. The first-order valence-corrected chi connectivity index (χ1v) is 5.37. The lowest BCUT2D eigenvalue weighted by Gasteiger charge is -2.40. The van der Waals surface area contributed by atoms with Gasteiger partial charge in [0.05, 0.1) is 11.7 Å². The molecular formula is C12H20O2. The Kier molecular flexibility index (Phi) is 1.90. The maximum Gasteiger partial charge on any atom is 0.121 e. The van der Waals surface area contributed by atoms with Crippen molar-refractivity contribution in [3.8, 4) is 0 Å². The SMILES string of the molecule is C=CC[C@@]1(O)CCC(C)(C)[C@@H]2O[C@@]21C. The van der Waals surface area contributed by atoms with E-state index in [9.17, 15) is 5.11 Å². The summed E-state index contributed by atoms with van der Waals surface area (Å²) in [5.41, 5.74) is -0.806. The summed E-state index contributed by atoms with van der Waals surface area (Å²) in [5, 5.41) is 10.5. The molecule has 0 aromatic rings. The van der Waals surface area contributed by atoms with E-state index in [0.29, 0.717) is 6.42 Å². The van der Waals surface area contributed by atoms with Gasteiger partial charge in [-0.2, -0.15) is 0 Å². The van der Waals surface area contributed by atoms with Crippen LogP contribution in [0.2, 0.25) is 0 Å². The molecule has 1 saturated carbocycles. The lowest BCUT2D eigenvalue weighted by Crippen LogP contribution is -2.51. The standard InChI is InChI=1S/C12H20O2/c1-5-6-12(13)8-7-10(2,3)9-11(12,4)14-9/h5,9,13H,1,6-8H2,2-4H3/t9-,11-,12+/m0/s1. The van der Waals surface area contributed by atoms with Crippen molar-refractivity contribution in [3.05, 3.63) is 12.7 Å². The van der Waals surface area contributed by atoms with Crippen molar-refractivity contribution in [3.63, 3.8) is 0 Å². The third-order valence-electron chi connectivity index (χ3n) is 4.10. The first-order chi connectivity index (χ1) is 6.36. The van der Waals surface area contributed by atoms with Gasteiger partial charge in [0.15, 0.2) is 0 Å². The summed E-state index contributed by atoms with van der Waals surface area (Å²) in [6.07, 6.45) is 4.49. The van der Waals surface area contributed by atoms with Crippen LogP contribution in [0.1, 0.15) is 40.0 Å². The highest BCUT2D eigenvalue weighted by atomic mass is 16.6. The van der Waals surface area contributed by atoms with Crippen LogP contribution in [0.25, 0.3) is 0 Å². The molecule has 0 spiro atoms. The minimum atomic E-state index is -0.686. The fraction of sp³-hybridized carbons (Fsp3) is 0.833. The Labute approximate surface area is 86.0 Å². The first-order valence-electron chi connectivity index (χ1n) is 5.37. The highest BCUT2D eigenvalue weighted by Crippen LogP contribution is 2.61. The lowest BCUT2D eigenvalue weighted by molar-refractivity contribution is -0.0502. The summed E-state index contributed by atoms with van der Waals surface area (Å²) in [7, 11) is 0. The Morgan fingerprint density at radius 1 is 1.43 bits per heavy atom. The molecule has 2 rings (SSSR count). The van der Waals surface area contributed by atoms with E-state index in [1.54, 1.807) is 6.08 Å². The molecular weight excluding hydrogens is 176 g/mol. The number of hydrogen-bond acceptors (Lipinski definition) is 2. The summed E-state index contributed by atoms with van der Waals surface area (Å²) >= 11 is 0. The predicted molar refractivity (Wildman–Crippen MR) is 56.1 cm³/mol. The van der Waals surface area contributed by atoms with Gasteiger partial charge in [0, 0.05) is 0 Å². The summed E-state index contributed by atoms with van der Waals surface area (Å²) in [4.78, 5) is 0. The van der Waals surface area contributed by atoms with E-state index < -0.39 is 5.60 Å². The van der Waals surface area contributed by atoms with Crippen LogP contribution in [0.4, 0.5) is 0 Å². The van der Waals surface area contributed by atoms with Gasteiger partial charge >= 0.3 is 0 Å². The molecule has 1 saturated heterocycles. The maximum atomic E-state index is 10.5. The lowest BCUT2D eigenvalue weighted by atomic mass is 9.64. The van der Waals surface area contributed by atoms with Gasteiger partial charge < -0.3 is 9.84 Å². The second kappa shape index (κ2) is 2.61. The second-order valence-corrected chi connectivity index (χ2v) is 5.62. The number of aliphatic hydroxyl groups is 1. The van der Waals surface area contributed by atoms with Crippen molar-refractivity contribution in [2.24, 2.45) is 5.41 Å². The van der Waals surface area contributed by atoms with Crippen LogP contribution < -0.4 is 0 Å². The smallest absolute Gasteiger partial charge is 0.121 e. The minimum absolute atomic E-state index is 0.210. The van der Waals surface area contributed by atoms with E-state index in [1.807, 2.05) is 6.92 Å². The zero-order valence-corrected chi connectivity index (χ0v) is 9.34. The summed E-state index contributed by atoms with van der Waals surface area (Å²) < 4.78 is 5.75. The average Bonchev–Trinajstić information content (AvgIpc) is 2.77. The molecule has 80 valence electrons. The molecule has 2 nitrogen and oxygen atoms in total. The molecule has 0 radical (unpaired) electrons. The van der Waals surface area contributed by atoms with E-state index in [4.69, 9.17) is 4.74 Å². The van der Waals surface area contributed by atoms with Crippen LogP contribution in [0.5, 0.6) is 0 Å². The minimum Gasteiger partial charge on any atom is -0.386 e. The molecule has 0 bridgehead atoms. The summed E-state index contributed by atoms with van der Waals surface area (Å²) in [6.45, 7) is 10.2. The highest BCUT2D eigenvalue weighted by molar-refractivity contribution is 5.21. The fourth-order valence-electron chi connectivity index (χ4n) is 2.92. The van der Waals surface area contributed by atoms with Crippen molar-refractivity contribution in [1.29, 1.82) is 0 Å². The number of fused-ring (bicyclic) bond motifs is 1. The van der Waals surface area contributed by atoms with E-state index in [1.165, 1.54) is 0 Å². The second-order valence-electron chi connectivity index (χ2n) is 5.62. The molecule has 0 amide bonds. The zero-order chi connectivity index (χ0) is 10.6. The van der Waals surface area contributed by atoms with Crippen molar-refractivity contribution in [2.75, 3.05) is 0 Å². The maximum absolute atomic E-state index is 10.5. The van der Waals surface area contributed by atoms with Gasteiger partial charge in [-0.05, 0) is 31.6 Å². The summed E-state index contributed by atoms with van der Waals surface area (Å²) in [5.74, 6) is 0. The number of epoxide rings is 1. The monoisotopic (exact) mass is 196 g/mol. The average molecular weight is 196 g/mol. The normalized spacial score (nSPS) is 49.6. The van der Waals surface area contributed by atoms with Gasteiger partial charge in [-0.3, -0.25) is 0 Å². The van der Waals surface area contributed by atoms with E-state index in [-0.39, 0.29) is 17.1 Å². The van der Waals surface area contributed by atoms with Crippen LogP contribution >= 0.6 is 0 Å². The number of ether oxygens (including phenoxy) is 1. The predicted octanol–water partition coefficient (Wildman–Crippen LogP) is 2.27. The van der Waals surface area contributed by atoms with Gasteiger partial charge in [-0.1, -0.05) is 19.9 Å². The number of rotatable bonds is 2. The molecule has 0 unspecified atom stereocenters.